The summed E-state index contributed by atoms with van der Waals surface area (Å²) in [5, 5.41) is 13.5. The van der Waals surface area contributed by atoms with Gasteiger partial charge in [-0.1, -0.05) is 72.3 Å². The van der Waals surface area contributed by atoms with Gasteiger partial charge in [-0.2, -0.15) is 5.26 Å². The molecule has 1 unspecified atom stereocenters. The number of nitrogens with zero attached hydrogens (tertiary/aromatic N) is 2. The van der Waals surface area contributed by atoms with E-state index in [-0.39, 0.29) is 0 Å². The Balaban J connectivity index is 1.81. The molecule has 1 heterocycles. The van der Waals surface area contributed by atoms with Crippen LogP contribution in [0.3, 0.4) is 0 Å². The summed E-state index contributed by atoms with van der Waals surface area (Å²) in [6.45, 7) is 0.535. The summed E-state index contributed by atoms with van der Waals surface area (Å²) < 4.78 is 0. The van der Waals surface area contributed by atoms with Crippen molar-refractivity contribution in [3.8, 4) is 6.07 Å². The SMILES string of the molecule is N#Cc1cccc(C2=NCC(c3ccccc3)(c3ccccc3Cl)N2)c1. The molecular formula is C22H16ClN3. The molecular weight excluding hydrogens is 342 g/mol. The monoisotopic (exact) mass is 357 g/mol. The number of hydrogen-bond donors (Lipinski definition) is 1. The molecule has 0 radical (unpaired) electrons. The second kappa shape index (κ2) is 6.67. The number of nitrogens with one attached hydrogen (secondary N) is 1. The minimum atomic E-state index is -0.530. The first kappa shape index (κ1) is 16.4. The maximum Gasteiger partial charge on any atom is 0.129 e. The molecule has 3 nitrogen and oxygen atoms in total. The van der Waals surface area contributed by atoms with Crippen LogP contribution in [-0.2, 0) is 5.54 Å². The van der Waals surface area contributed by atoms with E-state index in [4.69, 9.17) is 16.6 Å². The van der Waals surface area contributed by atoms with Gasteiger partial charge in [0, 0.05) is 16.1 Å². The van der Waals surface area contributed by atoms with Crippen molar-refractivity contribution < 1.29 is 0 Å². The lowest BCUT2D eigenvalue weighted by Crippen LogP contribution is -2.44. The van der Waals surface area contributed by atoms with E-state index in [9.17, 15) is 5.26 Å². The minimum Gasteiger partial charge on any atom is -0.355 e. The summed E-state index contributed by atoms with van der Waals surface area (Å²) >= 11 is 6.55. The van der Waals surface area contributed by atoms with E-state index in [1.807, 2.05) is 60.7 Å². The lowest BCUT2D eigenvalue weighted by molar-refractivity contribution is 0.524. The Labute approximate surface area is 157 Å². The third kappa shape index (κ3) is 2.75. The summed E-state index contributed by atoms with van der Waals surface area (Å²) in [7, 11) is 0. The van der Waals surface area contributed by atoms with Gasteiger partial charge in [0.1, 0.15) is 11.4 Å². The molecule has 0 bridgehead atoms. The molecule has 126 valence electrons. The number of nitriles is 1. The second-order valence-corrected chi connectivity index (χ2v) is 6.64. The lowest BCUT2D eigenvalue weighted by atomic mass is 9.83. The van der Waals surface area contributed by atoms with Crippen LogP contribution in [0.2, 0.25) is 5.02 Å². The van der Waals surface area contributed by atoms with E-state index < -0.39 is 5.54 Å². The molecule has 0 fully saturated rings. The van der Waals surface area contributed by atoms with Gasteiger partial charge in [0.15, 0.2) is 0 Å². The highest BCUT2D eigenvalue weighted by Gasteiger charge is 2.40. The van der Waals surface area contributed by atoms with Crippen LogP contribution in [-0.4, -0.2) is 12.4 Å². The van der Waals surface area contributed by atoms with Gasteiger partial charge in [-0.05, 0) is 23.8 Å². The summed E-state index contributed by atoms with van der Waals surface area (Å²) in [5.74, 6) is 0.769. The highest BCUT2D eigenvalue weighted by atomic mass is 35.5. The molecule has 3 aromatic rings. The zero-order valence-corrected chi connectivity index (χ0v) is 14.7. The molecule has 0 amide bonds. The molecule has 0 spiro atoms. The Bertz CT molecular complexity index is 1020. The van der Waals surface area contributed by atoms with Gasteiger partial charge in [-0.25, -0.2) is 0 Å². The molecule has 0 aromatic heterocycles. The largest absolute Gasteiger partial charge is 0.355 e. The van der Waals surface area contributed by atoms with Crippen LogP contribution in [0.4, 0.5) is 0 Å². The molecule has 4 heteroatoms. The summed E-state index contributed by atoms with van der Waals surface area (Å²) in [5.41, 5.74) is 3.07. The zero-order chi connectivity index (χ0) is 18.0. The Hall–Kier alpha value is -3.09. The molecule has 4 rings (SSSR count). The van der Waals surface area contributed by atoms with E-state index in [1.165, 1.54) is 0 Å². The van der Waals surface area contributed by atoms with Crippen molar-refractivity contribution in [2.45, 2.75) is 5.54 Å². The topological polar surface area (TPSA) is 48.2 Å². The van der Waals surface area contributed by atoms with Crippen LogP contribution < -0.4 is 5.32 Å². The quantitative estimate of drug-likeness (QED) is 0.750. The first-order valence-electron chi connectivity index (χ1n) is 8.37. The van der Waals surface area contributed by atoms with Crippen molar-refractivity contribution in [1.82, 2.24) is 5.32 Å². The van der Waals surface area contributed by atoms with Crippen LogP contribution in [0.25, 0.3) is 0 Å². The van der Waals surface area contributed by atoms with E-state index in [0.29, 0.717) is 17.1 Å². The number of hydrogen-bond acceptors (Lipinski definition) is 3. The normalized spacial score (nSPS) is 18.7. The summed E-state index contributed by atoms with van der Waals surface area (Å²) in [4.78, 5) is 4.77. The fourth-order valence-corrected chi connectivity index (χ4v) is 3.68. The van der Waals surface area contributed by atoms with Gasteiger partial charge >= 0.3 is 0 Å². The van der Waals surface area contributed by atoms with Gasteiger partial charge in [-0.15, -0.1) is 0 Å². The standard InChI is InChI=1S/C22H16ClN3/c23-20-12-5-4-11-19(20)22(18-9-2-1-3-10-18)15-25-21(26-22)17-8-6-7-16(13-17)14-24/h1-13H,15H2,(H,25,26). The van der Waals surface area contributed by atoms with Crippen molar-refractivity contribution in [2.24, 2.45) is 4.99 Å². The summed E-state index contributed by atoms with van der Waals surface area (Å²) in [6.07, 6.45) is 0. The van der Waals surface area contributed by atoms with Crippen molar-refractivity contribution >= 4 is 17.4 Å². The van der Waals surface area contributed by atoms with Crippen LogP contribution in [0, 0.1) is 11.3 Å². The average molecular weight is 358 g/mol. The van der Waals surface area contributed by atoms with E-state index >= 15 is 0 Å². The maximum atomic E-state index is 9.17. The van der Waals surface area contributed by atoms with Gasteiger partial charge in [0.05, 0.1) is 18.2 Å². The lowest BCUT2D eigenvalue weighted by Gasteiger charge is -2.32. The molecule has 0 saturated carbocycles. The fourth-order valence-electron chi connectivity index (χ4n) is 3.38. The number of benzene rings is 3. The predicted octanol–water partition coefficient (Wildman–Crippen LogP) is 4.51. The smallest absolute Gasteiger partial charge is 0.129 e. The number of aliphatic imine (C=N–C) groups is 1. The highest BCUT2D eigenvalue weighted by molar-refractivity contribution is 6.31. The zero-order valence-electron chi connectivity index (χ0n) is 14.0. The van der Waals surface area contributed by atoms with E-state index in [2.05, 4.69) is 23.5 Å². The van der Waals surface area contributed by atoms with Crippen molar-refractivity contribution in [3.63, 3.8) is 0 Å². The first-order valence-corrected chi connectivity index (χ1v) is 8.74. The van der Waals surface area contributed by atoms with Crippen LogP contribution in [0.5, 0.6) is 0 Å². The Kier molecular flexibility index (Phi) is 4.20. The van der Waals surface area contributed by atoms with E-state index in [0.717, 1.165) is 22.5 Å². The van der Waals surface area contributed by atoms with Crippen LogP contribution in [0.15, 0.2) is 83.9 Å². The predicted molar refractivity (Wildman–Crippen MR) is 104 cm³/mol. The Morgan fingerprint density at radius 2 is 1.73 bits per heavy atom. The Morgan fingerprint density at radius 1 is 0.962 bits per heavy atom. The third-order valence-corrected chi connectivity index (χ3v) is 5.00. The first-order chi connectivity index (χ1) is 12.7. The van der Waals surface area contributed by atoms with Crippen molar-refractivity contribution in [2.75, 3.05) is 6.54 Å². The van der Waals surface area contributed by atoms with Crippen LogP contribution in [0.1, 0.15) is 22.3 Å². The Morgan fingerprint density at radius 3 is 2.50 bits per heavy atom. The molecule has 0 saturated heterocycles. The summed E-state index contributed by atoms with van der Waals surface area (Å²) in [6, 6.07) is 27.7. The van der Waals surface area contributed by atoms with Gasteiger partial charge in [0.2, 0.25) is 0 Å². The van der Waals surface area contributed by atoms with Gasteiger partial charge in [-0.3, -0.25) is 4.99 Å². The third-order valence-electron chi connectivity index (χ3n) is 4.67. The molecule has 26 heavy (non-hydrogen) atoms. The van der Waals surface area contributed by atoms with Crippen molar-refractivity contribution in [3.05, 3.63) is 106 Å². The van der Waals surface area contributed by atoms with Crippen LogP contribution >= 0.6 is 11.6 Å². The van der Waals surface area contributed by atoms with Gasteiger partial charge in [0.25, 0.3) is 0 Å². The van der Waals surface area contributed by atoms with Crippen molar-refractivity contribution in [1.29, 1.82) is 5.26 Å². The fraction of sp³-hybridized carbons (Fsp3) is 0.0909. The minimum absolute atomic E-state index is 0.530. The van der Waals surface area contributed by atoms with Gasteiger partial charge < -0.3 is 5.32 Å². The molecule has 1 atom stereocenters. The highest BCUT2D eigenvalue weighted by Crippen LogP contribution is 2.37. The number of halogens is 1. The average Bonchev–Trinajstić information content (AvgIpc) is 3.15. The van der Waals surface area contributed by atoms with E-state index in [1.54, 1.807) is 6.07 Å². The molecule has 1 N–H and O–H groups in total. The molecule has 3 aromatic carbocycles. The number of rotatable bonds is 3. The second-order valence-electron chi connectivity index (χ2n) is 6.23. The number of amidine groups is 1. The molecule has 1 aliphatic heterocycles. The molecule has 0 aliphatic carbocycles. The molecule has 1 aliphatic rings. The maximum absolute atomic E-state index is 9.17.